The lowest BCUT2D eigenvalue weighted by molar-refractivity contribution is -0.0731. The predicted octanol–water partition coefficient (Wildman–Crippen LogP) is 11.8. The second kappa shape index (κ2) is 22.7. The Hall–Kier alpha value is -1.74. The maximum atomic E-state index is 13.6. The molecule has 2 aliphatic heterocycles. The quantitative estimate of drug-likeness (QED) is 0.319. The van der Waals surface area contributed by atoms with Crippen molar-refractivity contribution in [3.05, 3.63) is 42.4 Å². The fraction of sp³-hybridized carbons (Fsp3) is 0.800. The van der Waals surface area contributed by atoms with E-state index in [2.05, 4.69) is 33.8 Å². The number of aliphatic hydroxyl groups is 1. The van der Waals surface area contributed by atoms with E-state index in [1.54, 1.807) is 4.31 Å². The first-order valence-corrected chi connectivity index (χ1v) is 24.0. The van der Waals surface area contributed by atoms with Gasteiger partial charge in [-0.3, -0.25) is 0 Å². The third-order valence-corrected chi connectivity index (χ3v) is 14.5. The molecule has 1 aromatic heterocycles. The van der Waals surface area contributed by atoms with Gasteiger partial charge in [0.05, 0.1) is 35.9 Å². The molecule has 1 saturated heterocycles. The lowest BCUT2D eigenvalue weighted by atomic mass is 9.67. The summed E-state index contributed by atoms with van der Waals surface area (Å²) in [5, 5.41) is 18.8. The molecule has 2 aromatic rings. The summed E-state index contributed by atoms with van der Waals surface area (Å²) in [7, 11) is -4.04. The summed E-state index contributed by atoms with van der Waals surface area (Å²) in [6.07, 6.45) is 40.7. The molecule has 8 heteroatoms. The van der Waals surface area contributed by atoms with E-state index >= 15 is 0 Å². The van der Waals surface area contributed by atoms with Crippen molar-refractivity contribution in [1.29, 1.82) is 0 Å². The molecular weight excluding hydrogens is 677 g/mol. The van der Waals surface area contributed by atoms with Crippen LogP contribution in [0.1, 0.15) is 211 Å². The number of fused-ring (bicyclic) bond motifs is 3. The summed E-state index contributed by atoms with van der Waals surface area (Å²) in [5.41, 5.74) is 2.55. The monoisotopic (exact) mass is 753 g/mol. The van der Waals surface area contributed by atoms with E-state index < -0.39 is 21.9 Å². The van der Waals surface area contributed by atoms with Crippen molar-refractivity contribution in [2.45, 2.75) is 217 Å². The Morgan fingerprint density at radius 3 is 1.55 bits per heavy atom. The summed E-state index contributed by atoms with van der Waals surface area (Å²) in [6, 6.07) is 8.39. The minimum atomic E-state index is -4.04. The van der Waals surface area contributed by atoms with E-state index in [-0.39, 0.29) is 12.0 Å². The van der Waals surface area contributed by atoms with Crippen molar-refractivity contribution in [2.24, 2.45) is 11.1 Å². The van der Waals surface area contributed by atoms with Crippen molar-refractivity contribution in [3.8, 4) is 11.3 Å². The lowest BCUT2D eigenvalue weighted by Crippen LogP contribution is -2.64. The van der Waals surface area contributed by atoms with Crippen LogP contribution in [0.25, 0.3) is 11.3 Å². The molecule has 0 bridgehead atoms. The highest BCUT2D eigenvalue weighted by Gasteiger charge is 2.54. The van der Waals surface area contributed by atoms with E-state index in [9.17, 15) is 13.5 Å². The molecule has 3 heterocycles. The Kier molecular flexibility index (Phi) is 18.2. The van der Waals surface area contributed by atoms with Crippen LogP contribution in [0, 0.1) is 5.92 Å². The Labute approximate surface area is 324 Å². The fourth-order valence-electron chi connectivity index (χ4n) is 10.4. The van der Waals surface area contributed by atoms with Gasteiger partial charge >= 0.3 is 0 Å². The van der Waals surface area contributed by atoms with E-state index in [0.717, 1.165) is 56.2 Å². The van der Waals surface area contributed by atoms with Crippen LogP contribution in [-0.4, -0.2) is 45.6 Å². The van der Waals surface area contributed by atoms with Crippen LogP contribution in [0.4, 0.5) is 0 Å². The van der Waals surface area contributed by atoms with Gasteiger partial charge in [0.1, 0.15) is 0 Å². The van der Waals surface area contributed by atoms with Crippen molar-refractivity contribution in [1.82, 2.24) is 13.9 Å². The highest BCUT2D eigenvalue weighted by Crippen LogP contribution is 2.51. The molecule has 3 aliphatic rings. The zero-order chi connectivity index (χ0) is 37.2. The topological polar surface area (TPSA) is 101 Å². The van der Waals surface area contributed by atoms with Gasteiger partial charge in [-0.25, -0.2) is 10.1 Å². The number of aliphatic hydroxyl groups excluding tert-OH is 1. The normalized spacial score (nSPS) is 28.8. The van der Waals surface area contributed by atoms with Gasteiger partial charge in [-0.2, -0.15) is 12.7 Å². The van der Waals surface area contributed by atoms with Gasteiger partial charge in [0.2, 0.25) is 0 Å². The number of hydrogen-bond acceptors (Lipinski definition) is 4. The first-order chi connectivity index (χ1) is 25.9. The molecule has 1 unspecified atom stereocenters. The Morgan fingerprint density at radius 2 is 1.06 bits per heavy atom. The number of hydrogen-bond donors (Lipinski definition) is 2. The number of imidazole rings is 1. The third kappa shape index (κ3) is 12.4. The average molecular weight is 753 g/mol. The predicted molar refractivity (Wildman–Crippen MR) is 221 cm³/mol. The lowest BCUT2D eigenvalue weighted by Gasteiger charge is -2.52. The molecule has 3 N–H and O–H groups in total. The fourth-order valence-corrected chi connectivity index (χ4v) is 11.5. The number of aromatic nitrogens is 2. The molecule has 2 fully saturated rings. The minimum Gasteiger partial charge on any atom is -0.391 e. The maximum Gasteiger partial charge on any atom is 0.277 e. The average Bonchev–Trinajstić information content (AvgIpc) is 3.74. The summed E-state index contributed by atoms with van der Waals surface area (Å²) in [6.45, 7) is 0.389. The van der Waals surface area contributed by atoms with E-state index in [0.29, 0.717) is 19.4 Å². The summed E-state index contributed by atoms with van der Waals surface area (Å²) < 4.78 is 31.0. The second-order valence-corrected chi connectivity index (χ2v) is 18.7. The van der Waals surface area contributed by atoms with Crippen LogP contribution >= 0.6 is 0 Å². The number of benzene rings is 1. The van der Waals surface area contributed by atoms with Gasteiger partial charge in [0, 0.05) is 18.0 Å². The number of nitrogens with zero attached hydrogens (tertiary/aromatic N) is 3. The highest BCUT2D eigenvalue weighted by atomic mass is 32.2. The molecule has 7 nitrogen and oxygen atoms in total. The van der Waals surface area contributed by atoms with Crippen LogP contribution < -0.4 is 5.14 Å². The van der Waals surface area contributed by atoms with Gasteiger partial charge in [0.25, 0.3) is 10.2 Å². The summed E-state index contributed by atoms with van der Waals surface area (Å²) in [4.78, 5) is 4.49. The molecule has 5 rings (SSSR count). The Morgan fingerprint density at radius 1 is 0.623 bits per heavy atom. The zero-order valence-corrected chi connectivity index (χ0v) is 34.2. The summed E-state index contributed by atoms with van der Waals surface area (Å²) >= 11 is 0. The molecule has 53 heavy (non-hydrogen) atoms. The standard InChI is InChI=1S/C45H76N4O3S/c46-53(51,52)49-36-29-25-23-21-19-17-15-13-11-9-7-5-3-1-2-4-6-8-10-12-14-16-18-20-22-24-28-34-45(49)35-30-33-41(44(45)50)43-40-32-27-26-31-39(40)42-37-47-38-48(42)43/h26-27,31-32,37-38,41,43-44,50H,1-25,28-30,33-36H2,(H2,46,51,52)/t41-,43+,44+,45?/m0/s1. The number of nitrogens with two attached hydrogens (primary N) is 1. The molecule has 0 radical (unpaired) electrons. The molecule has 1 spiro atoms. The summed E-state index contributed by atoms with van der Waals surface area (Å²) in [5.74, 6) is -0.128. The van der Waals surface area contributed by atoms with Crippen LogP contribution in [0.2, 0.25) is 0 Å². The van der Waals surface area contributed by atoms with Crippen molar-refractivity contribution >= 4 is 10.2 Å². The molecule has 4 atom stereocenters. The van der Waals surface area contributed by atoms with E-state index in [1.165, 1.54) is 147 Å². The zero-order valence-electron chi connectivity index (χ0n) is 33.4. The van der Waals surface area contributed by atoms with Gasteiger partial charge in [-0.05, 0) is 31.2 Å². The van der Waals surface area contributed by atoms with Crippen LogP contribution in [0.3, 0.4) is 0 Å². The van der Waals surface area contributed by atoms with Crippen molar-refractivity contribution < 1.29 is 13.5 Å². The van der Waals surface area contributed by atoms with Crippen LogP contribution in [-0.2, 0) is 10.2 Å². The molecule has 1 aromatic carbocycles. The Balaban J connectivity index is 1.23. The molecule has 0 amide bonds. The smallest absolute Gasteiger partial charge is 0.277 e. The third-order valence-electron chi connectivity index (χ3n) is 13.3. The van der Waals surface area contributed by atoms with Gasteiger partial charge in [0.15, 0.2) is 0 Å². The van der Waals surface area contributed by atoms with Gasteiger partial charge in [-0.15, -0.1) is 0 Å². The minimum absolute atomic E-state index is 0.0676. The molecule has 1 saturated carbocycles. The number of rotatable bonds is 2. The first-order valence-electron chi connectivity index (χ1n) is 22.5. The van der Waals surface area contributed by atoms with Gasteiger partial charge in [-0.1, -0.05) is 198 Å². The van der Waals surface area contributed by atoms with Crippen molar-refractivity contribution in [2.75, 3.05) is 6.54 Å². The highest BCUT2D eigenvalue weighted by molar-refractivity contribution is 7.86. The molecular formula is C45H76N4O3S. The SMILES string of the molecule is NS(=O)(=O)N1CCCCCCCCCCCCCCCCCCCCCCCCCCCCCC12CCC[C@@H]([C@H]1c3ccccc3-c3cncn31)[C@H]2O. The second-order valence-electron chi connectivity index (χ2n) is 17.2. The molecule has 300 valence electrons. The van der Waals surface area contributed by atoms with E-state index in [4.69, 9.17) is 5.14 Å². The maximum absolute atomic E-state index is 13.6. The largest absolute Gasteiger partial charge is 0.391 e. The first kappa shape index (κ1) is 42.4. The van der Waals surface area contributed by atoms with E-state index in [1.807, 2.05) is 12.5 Å². The van der Waals surface area contributed by atoms with Crippen molar-refractivity contribution in [3.63, 3.8) is 0 Å². The Bertz CT molecular complexity index is 1410. The van der Waals surface area contributed by atoms with Gasteiger partial charge < -0.3 is 9.67 Å². The molecule has 1 aliphatic carbocycles. The van der Waals surface area contributed by atoms with Crippen LogP contribution in [0.15, 0.2) is 36.8 Å². The van der Waals surface area contributed by atoms with Crippen LogP contribution in [0.5, 0.6) is 0 Å².